The SMILES string of the molecule is Cc1ccc(OCn2cc(NC(=O)c3cnn(C(C)C(=O)O)c3)cn2)c(C)c1. The third-order valence-electron chi connectivity index (χ3n) is 4.19. The summed E-state index contributed by atoms with van der Waals surface area (Å²) in [4.78, 5) is 23.3. The van der Waals surface area contributed by atoms with Crippen molar-refractivity contribution in [3.63, 3.8) is 0 Å². The van der Waals surface area contributed by atoms with Crippen molar-refractivity contribution in [2.75, 3.05) is 5.32 Å². The number of carbonyl (C=O) groups is 2. The largest absolute Gasteiger partial charge is 0.480 e. The van der Waals surface area contributed by atoms with Crippen molar-refractivity contribution in [1.82, 2.24) is 19.6 Å². The Morgan fingerprint density at radius 2 is 2.00 bits per heavy atom. The van der Waals surface area contributed by atoms with Gasteiger partial charge in [0.1, 0.15) is 11.8 Å². The summed E-state index contributed by atoms with van der Waals surface area (Å²) in [5.74, 6) is -0.662. The van der Waals surface area contributed by atoms with E-state index in [1.54, 1.807) is 10.9 Å². The van der Waals surface area contributed by atoms with E-state index in [9.17, 15) is 9.59 Å². The van der Waals surface area contributed by atoms with E-state index in [0.717, 1.165) is 16.9 Å². The number of benzene rings is 1. The van der Waals surface area contributed by atoms with Crippen molar-refractivity contribution in [3.8, 4) is 5.75 Å². The Balaban J connectivity index is 1.59. The number of aromatic nitrogens is 4. The molecule has 2 N–H and O–H groups in total. The fraction of sp³-hybridized carbons (Fsp3) is 0.263. The summed E-state index contributed by atoms with van der Waals surface area (Å²) in [7, 11) is 0. The number of hydrogen-bond acceptors (Lipinski definition) is 5. The fourth-order valence-corrected chi connectivity index (χ4v) is 2.58. The van der Waals surface area contributed by atoms with Crippen molar-refractivity contribution in [2.45, 2.75) is 33.5 Å². The molecule has 1 aromatic carbocycles. The molecule has 2 heterocycles. The molecule has 0 aliphatic rings. The van der Waals surface area contributed by atoms with Crippen LogP contribution in [0.2, 0.25) is 0 Å². The number of amides is 1. The second kappa shape index (κ2) is 7.95. The Morgan fingerprint density at radius 1 is 1.21 bits per heavy atom. The van der Waals surface area contributed by atoms with E-state index in [-0.39, 0.29) is 12.3 Å². The van der Waals surface area contributed by atoms with Gasteiger partial charge in [0.05, 0.1) is 29.8 Å². The topological polar surface area (TPSA) is 111 Å². The van der Waals surface area contributed by atoms with Gasteiger partial charge in [-0.3, -0.25) is 9.48 Å². The average molecular weight is 383 g/mol. The summed E-state index contributed by atoms with van der Waals surface area (Å²) in [6.45, 7) is 5.68. The Bertz CT molecular complexity index is 1010. The summed E-state index contributed by atoms with van der Waals surface area (Å²) in [5.41, 5.74) is 2.95. The second-order valence-electron chi connectivity index (χ2n) is 6.49. The van der Waals surface area contributed by atoms with E-state index in [0.29, 0.717) is 5.69 Å². The maximum absolute atomic E-state index is 12.3. The summed E-state index contributed by atoms with van der Waals surface area (Å²) < 4.78 is 8.53. The van der Waals surface area contributed by atoms with Gasteiger partial charge in [0, 0.05) is 6.20 Å². The van der Waals surface area contributed by atoms with E-state index >= 15 is 0 Å². The smallest absolute Gasteiger partial charge is 0.328 e. The highest BCUT2D eigenvalue weighted by Crippen LogP contribution is 2.19. The van der Waals surface area contributed by atoms with Gasteiger partial charge in [0.15, 0.2) is 6.73 Å². The number of hydrogen-bond donors (Lipinski definition) is 2. The molecular weight excluding hydrogens is 362 g/mol. The van der Waals surface area contributed by atoms with Gasteiger partial charge in [0.25, 0.3) is 5.91 Å². The summed E-state index contributed by atoms with van der Waals surface area (Å²) in [6, 6.07) is 5.07. The minimum atomic E-state index is -1.03. The van der Waals surface area contributed by atoms with Crippen molar-refractivity contribution in [3.05, 3.63) is 59.7 Å². The fourth-order valence-electron chi connectivity index (χ4n) is 2.58. The molecular formula is C19H21N5O4. The molecule has 0 spiro atoms. The third-order valence-corrected chi connectivity index (χ3v) is 4.19. The number of nitrogens with one attached hydrogen (secondary N) is 1. The average Bonchev–Trinajstić information content (AvgIpc) is 3.30. The lowest BCUT2D eigenvalue weighted by Crippen LogP contribution is -2.16. The van der Waals surface area contributed by atoms with Crippen LogP contribution in [0.5, 0.6) is 5.75 Å². The zero-order chi connectivity index (χ0) is 20.3. The Labute approximate surface area is 161 Å². The second-order valence-corrected chi connectivity index (χ2v) is 6.49. The van der Waals surface area contributed by atoms with Crippen molar-refractivity contribution >= 4 is 17.6 Å². The highest BCUT2D eigenvalue weighted by atomic mass is 16.5. The molecule has 0 saturated heterocycles. The maximum atomic E-state index is 12.3. The minimum Gasteiger partial charge on any atom is -0.480 e. The van der Waals surface area contributed by atoms with E-state index in [4.69, 9.17) is 9.84 Å². The number of carbonyl (C=O) groups excluding carboxylic acids is 1. The molecule has 9 nitrogen and oxygen atoms in total. The number of aryl methyl sites for hydroxylation is 2. The number of rotatable bonds is 7. The first-order valence-electron chi connectivity index (χ1n) is 8.64. The summed E-state index contributed by atoms with van der Waals surface area (Å²) in [6.07, 6.45) is 5.86. The number of carboxylic acid groups (broad SMARTS) is 1. The molecule has 9 heteroatoms. The summed E-state index contributed by atoms with van der Waals surface area (Å²) >= 11 is 0. The Morgan fingerprint density at radius 3 is 2.71 bits per heavy atom. The number of anilines is 1. The molecule has 146 valence electrons. The van der Waals surface area contributed by atoms with Crippen LogP contribution in [-0.2, 0) is 11.5 Å². The van der Waals surface area contributed by atoms with E-state index in [1.165, 1.54) is 30.2 Å². The molecule has 0 saturated carbocycles. The van der Waals surface area contributed by atoms with E-state index < -0.39 is 17.9 Å². The van der Waals surface area contributed by atoms with Crippen LogP contribution < -0.4 is 10.1 Å². The molecule has 1 atom stereocenters. The van der Waals surface area contributed by atoms with Crippen LogP contribution in [0.3, 0.4) is 0 Å². The molecule has 1 unspecified atom stereocenters. The maximum Gasteiger partial charge on any atom is 0.328 e. The Hall–Kier alpha value is -3.62. The van der Waals surface area contributed by atoms with Crippen LogP contribution >= 0.6 is 0 Å². The predicted molar refractivity (Wildman–Crippen MR) is 101 cm³/mol. The number of nitrogens with zero attached hydrogens (tertiary/aromatic N) is 4. The first kappa shape index (κ1) is 19.2. The summed E-state index contributed by atoms with van der Waals surface area (Å²) in [5, 5.41) is 19.8. The third kappa shape index (κ3) is 4.37. The molecule has 0 aliphatic heterocycles. The molecule has 28 heavy (non-hydrogen) atoms. The van der Waals surface area contributed by atoms with Gasteiger partial charge in [0.2, 0.25) is 0 Å². The molecule has 0 radical (unpaired) electrons. The number of carboxylic acids is 1. The highest BCUT2D eigenvalue weighted by molar-refractivity contribution is 6.03. The van der Waals surface area contributed by atoms with Gasteiger partial charge in [-0.2, -0.15) is 10.2 Å². The van der Waals surface area contributed by atoms with Crippen molar-refractivity contribution in [2.24, 2.45) is 0 Å². The monoisotopic (exact) mass is 383 g/mol. The van der Waals surface area contributed by atoms with Crippen LogP contribution in [-0.4, -0.2) is 36.5 Å². The van der Waals surface area contributed by atoms with Crippen LogP contribution in [0.4, 0.5) is 5.69 Å². The van der Waals surface area contributed by atoms with Crippen molar-refractivity contribution < 1.29 is 19.4 Å². The van der Waals surface area contributed by atoms with Crippen LogP contribution in [0.1, 0.15) is 34.5 Å². The lowest BCUT2D eigenvalue weighted by molar-refractivity contribution is -0.140. The van der Waals surface area contributed by atoms with Gasteiger partial charge < -0.3 is 15.2 Å². The van der Waals surface area contributed by atoms with Gasteiger partial charge in [-0.15, -0.1) is 0 Å². The van der Waals surface area contributed by atoms with Gasteiger partial charge in [-0.1, -0.05) is 17.7 Å². The molecule has 0 aliphatic carbocycles. The van der Waals surface area contributed by atoms with Crippen molar-refractivity contribution in [1.29, 1.82) is 0 Å². The molecule has 2 aromatic heterocycles. The van der Waals surface area contributed by atoms with Gasteiger partial charge in [-0.05, 0) is 32.4 Å². The van der Waals surface area contributed by atoms with Crippen LogP contribution in [0.25, 0.3) is 0 Å². The number of ether oxygens (including phenoxy) is 1. The Kier molecular flexibility index (Phi) is 5.44. The predicted octanol–water partition coefficient (Wildman–Crippen LogP) is 2.63. The molecule has 3 rings (SSSR count). The van der Waals surface area contributed by atoms with E-state index in [1.807, 2.05) is 32.0 Å². The van der Waals surface area contributed by atoms with Crippen LogP contribution in [0, 0.1) is 13.8 Å². The first-order valence-corrected chi connectivity index (χ1v) is 8.64. The normalized spacial score (nSPS) is 11.8. The zero-order valence-corrected chi connectivity index (χ0v) is 15.8. The minimum absolute atomic E-state index is 0.202. The lowest BCUT2D eigenvalue weighted by Gasteiger charge is -2.09. The highest BCUT2D eigenvalue weighted by Gasteiger charge is 2.17. The first-order chi connectivity index (χ1) is 13.3. The molecule has 0 bridgehead atoms. The molecule has 0 fully saturated rings. The van der Waals surface area contributed by atoms with Gasteiger partial charge >= 0.3 is 5.97 Å². The van der Waals surface area contributed by atoms with Crippen LogP contribution in [0.15, 0.2) is 43.0 Å². The molecule has 3 aromatic rings. The quantitative estimate of drug-likeness (QED) is 0.649. The number of aliphatic carboxylic acids is 1. The molecule has 1 amide bonds. The van der Waals surface area contributed by atoms with E-state index in [2.05, 4.69) is 15.5 Å². The lowest BCUT2D eigenvalue weighted by atomic mass is 10.1. The van der Waals surface area contributed by atoms with Gasteiger partial charge in [-0.25, -0.2) is 9.48 Å². The zero-order valence-electron chi connectivity index (χ0n) is 15.8. The standard InChI is InChI=1S/C19H21N5O4/c1-12-4-5-17(13(2)6-12)28-11-23-10-16(8-20-23)22-18(25)15-7-21-24(9-15)14(3)19(26)27/h4-10,14H,11H2,1-3H3,(H,22,25)(H,26,27).